The maximum atomic E-state index is 10.9. The van der Waals surface area contributed by atoms with Crippen molar-refractivity contribution >= 4 is 39.4 Å². The first kappa shape index (κ1) is 13.4. The molecule has 0 saturated heterocycles. The lowest BCUT2D eigenvalue weighted by atomic mass is 10.5. The summed E-state index contributed by atoms with van der Waals surface area (Å²) in [6.07, 6.45) is 0. The van der Waals surface area contributed by atoms with E-state index in [4.69, 9.17) is 18.9 Å². The lowest BCUT2D eigenvalue weighted by Crippen LogP contribution is -2.54. The molecule has 1 unspecified atom stereocenters. The van der Waals surface area contributed by atoms with Crippen LogP contribution >= 0.6 is 0 Å². The minimum Gasteiger partial charge on any atom is -0.438 e. The highest BCUT2D eigenvalue weighted by Crippen LogP contribution is 2.26. The van der Waals surface area contributed by atoms with Crippen molar-refractivity contribution in [2.75, 3.05) is 0 Å². The quantitative estimate of drug-likeness (QED) is 0.294. The van der Waals surface area contributed by atoms with Crippen molar-refractivity contribution in [2.24, 2.45) is 0 Å². The van der Waals surface area contributed by atoms with Gasteiger partial charge >= 0.3 is 0 Å². The minimum atomic E-state index is -4.44. The Morgan fingerprint density at radius 1 is 1.23 bits per heavy atom. The second-order valence-electron chi connectivity index (χ2n) is 2.94. The van der Waals surface area contributed by atoms with Crippen LogP contribution in [0.2, 0.25) is 5.54 Å². The van der Waals surface area contributed by atoms with Gasteiger partial charge in [-0.25, -0.2) is 0 Å². The molecular formula is C3H14O6SSi3. The average molecular weight is 262 g/mol. The van der Waals surface area contributed by atoms with E-state index >= 15 is 0 Å². The summed E-state index contributed by atoms with van der Waals surface area (Å²) in [5, 5.41) is 0. The largest absolute Gasteiger partial charge is 0.438 e. The molecule has 0 amide bonds. The number of rotatable bonds is 5. The molecular weight excluding hydrogens is 248 g/mol. The topological polar surface area (TPSA) is 115 Å². The first-order valence-corrected chi connectivity index (χ1v) is 9.22. The highest BCUT2D eigenvalue weighted by molar-refractivity contribution is 7.90. The van der Waals surface area contributed by atoms with Gasteiger partial charge in [0.05, 0.1) is 0 Å². The molecule has 0 aliphatic carbocycles. The molecule has 0 aromatic carbocycles. The Balaban J connectivity index is 5.16. The highest BCUT2D eigenvalue weighted by Gasteiger charge is 2.47. The second kappa shape index (κ2) is 4.79. The summed E-state index contributed by atoms with van der Waals surface area (Å²) in [5.41, 5.74) is -0.684. The molecule has 0 aromatic heterocycles. The molecule has 0 rings (SSSR count). The van der Waals surface area contributed by atoms with Gasteiger partial charge in [0.15, 0.2) is 29.3 Å². The summed E-state index contributed by atoms with van der Waals surface area (Å²) >= 11 is 0. The van der Waals surface area contributed by atoms with Crippen molar-refractivity contribution in [2.45, 2.75) is 16.5 Å². The molecule has 4 N–H and O–H groups in total. The molecule has 13 heavy (non-hydrogen) atoms. The summed E-state index contributed by atoms with van der Waals surface area (Å²) < 4.78 is 29.0. The summed E-state index contributed by atoms with van der Waals surface area (Å²) in [6.45, 7) is 1.44. The van der Waals surface area contributed by atoms with Crippen molar-refractivity contribution in [3.8, 4) is 0 Å². The lowest BCUT2D eigenvalue weighted by Gasteiger charge is -2.29. The Kier molecular flexibility index (Phi) is 4.95. The van der Waals surface area contributed by atoms with Gasteiger partial charge in [-0.2, -0.15) is 8.42 Å². The zero-order chi connectivity index (χ0) is 10.7. The number of hydrogen-bond acceptors (Lipinski definition) is 5. The Morgan fingerprint density at radius 3 is 1.69 bits per heavy atom. The average Bonchev–Trinajstić information content (AvgIpc) is 2.04. The Hall–Kier alpha value is 0.441. The maximum absolute atomic E-state index is 10.9. The fourth-order valence-corrected chi connectivity index (χ4v) is 6.52. The summed E-state index contributed by atoms with van der Waals surface area (Å²) in [7, 11) is -10.3. The van der Waals surface area contributed by atoms with E-state index in [1.807, 2.05) is 0 Å². The first-order chi connectivity index (χ1) is 5.85. The molecule has 10 heteroatoms. The van der Waals surface area contributed by atoms with E-state index in [0.29, 0.717) is 0 Å². The van der Waals surface area contributed by atoms with Gasteiger partial charge in [0.2, 0.25) is 0 Å². The molecule has 0 aliphatic heterocycles. The van der Waals surface area contributed by atoms with Gasteiger partial charge < -0.3 is 14.4 Å². The first-order valence-electron chi connectivity index (χ1n) is 3.65. The van der Waals surface area contributed by atoms with E-state index in [1.54, 1.807) is 0 Å². The molecule has 0 saturated carbocycles. The fourth-order valence-electron chi connectivity index (χ4n) is 0.945. The SMILES string of the molecule is CC([SiH2]O)C([SiH2]O)([SiH2]O)S(=O)(=O)O. The van der Waals surface area contributed by atoms with Gasteiger partial charge in [-0.05, 0) is 5.54 Å². The van der Waals surface area contributed by atoms with Crippen LogP contribution in [0.1, 0.15) is 6.92 Å². The van der Waals surface area contributed by atoms with Crippen molar-refractivity contribution in [1.82, 2.24) is 0 Å². The van der Waals surface area contributed by atoms with Gasteiger partial charge in [-0.1, -0.05) is 6.92 Å². The van der Waals surface area contributed by atoms with Crippen LogP contribution < -0.4 is 0 Å². The van der Waals surface area contributed by atoms with Crippen molar-refractivity contribution in [3.63, 3.8) is 0 Å². The third-order valence-electron chi connectivity index (χ3n) is 2.22. The van der Waals surface area contributed by atoms with Crippen LogP contribution in [0.25, 0.3) is 0 Å². The molecule has 0 radical (unpaired) electrons. The van der Waals surface area contributed by atoms with Crippen LogP contribution in [0.5, 0.6) is 0 Å². The van der Waals surface area contributed by atoms with E-state index in [-0.39, 0.29) is 0 Å². The molecule has 0 aromatic rings. The van der Waals surface area contributed by atoms with E-state index in [0.717, 1.165) is 0 Å². The van der Waals surface area contributed by atoms with Crippen LogP contribution in [-0.4, -0.2) is 60.6 Å². The smallest absolute Gasteiger partial charge is 0.269 e. The normalized spacial score (nSPS) is 22.2. The lowest BCUT2D eigenvalue weighted by molar-refractivity contribution is 0.449. The third kappa shape index (κ3) is 2.47. The van der Waals surface area contributed by atoms with Crippen molar-refractivity contribution < 1.29 is 27.4 Å². The van der Waals surface area contributed by atoms with E-state index < -0.39 is 48.9 Å². The molecule has 0 spiro atoms. The fraction of sp³-hybridized carbons (Fsp3) is 1.00. The molecule has 6 nitrogen and oxygen atoms in total. The maximum Gasteiger partial charge on any atom is 0.269 e. The summed E-state index contributed by atoms with van der Waals surface area (Å²) in [6, 6.07) is 0. The van der Waals surface area contributed by atoms with Gasteiger partial charge in [0, 0.05) is 0 Å². The Morgan fingerprint density at radius 2 is 1.62 bits per heavy atom. The van der Waals surface area contributed by atoms with Crippen LogP contribution in [-0.2, 0) is 10.1 Å². The van der Waals surface area contributed by atoms with Gasteiger partial charge in [0.25, 0.3) is 10.1 Å². The highest BCUT2D eigenvalue weighted by atomic mass is 32.2. The summed E-state index contributed by atoms with van der Waals surface area (Å²) in [5.74, 6) is 0. The molecule has 0 bridgehead atoms. The van der Waals surface area contributed by atoms with Gasteiger partial charge in [-0.15, -0.1) is 0 Å². The predicted molar refractivity (Wildman–Crippen MR) is 56.0 cm³/mol. The van der Waals surface area contributed by atoms with Crippen molar-refractivity contribution in [3.05, 3.63) is 0 Å². The standard InChI is InChI=1S/C3H14O6SSi3/c1-2(11-7)3(12-8,13-9)10(4,5)6/h2,7-9H,11-13H2,1H3,(H,4,5,6). The van der Waals surface area contributed by atoms with Crippen LogP contribution in [0.3, 0.4) is 0 Å². The summed E-state index contributed by atoms with van der Waals surface area (Å²) in [4.78, 5) is 26.9. The Labute approximate surface area is 83.6 Å². The van der Waals surface area contributed by atoms with Crippen LogP contribution in [0.4, 0.5) is 0 Å². The van der Waals surface area contributed by atoms with E-state index in [9.17, 15) is 8.42 Å². The molecule has 0 fully saturated rings. The monoisotopic (exact) mass is 262 g/mol. The van der Waals surface area contributed by atoms with Gasteiger partial charge in [-0.3, -0.25) is 4.55 Å². The number of hydrogen-bond donors (Lipinski definition) is 4. The zero-order valence-electron chi connectivity index (χ0n) is 7.21. The molecule has 80 valence electrons. The second-order valence-corrected chi connectivity index (χ2v) is 11.5. The molecule has 0 heterocycles. The van der Waals surface area contributed by atoms with Crippen molar-refractivity contribution in [1.29, 1.82) is 0 Å². The zero-order valence-corrected chi connectivity index (χ0v) is 12.3. The predicted octanol–water partition coefficient (Wildman–Crippen LogP) is -4.44. The van der Waals surface area contributed by atoms with Crippen LogP contribution in [0, 0.1) is 0 Å². The van der Waals surface area contributed by atoms with Crippen LogP contribution in [0.15, 0.2) is 0 Å². The molecule has 1 atom stereocenters. The van der Waals surface area contributed by atoms with E-state index in [1.165, 1.54) is 6.92 Å². The minimum absolute atomic E-state index is 0.684. The molecule has 0 aliphatic rings. The van der Waals surface area contributed by atoms with E-state index in [2.05, 4.69) is 0 Å². The Bertz CT molecular complexity index is 248. The van der Waals surface area contributed by atoms with Gasteiger partial charge in [0.1, 0.15) is 3.99 Å². The third-order valence-corrected chi connectivity index (χ3v) is 13.2.